The molecule has 0 unspecified atom stereocenters. The summed E-state index contributed by atoms with van der Waals surface area (Å²) in [6, 6.07) is 1.40. The van der Waals surface area contributed by atoms with Crippen LogP contribution in [0.15, 0.2) is 25.0 Å². The Morgan fingerprint density at radius 1 is 1.25 bits per heavy atom. The van der Waals surface area contributed by atoms with Crippen LogP contribution in [0, 0.1) is 0 Å². The van der Waals surface area contributed by atoms with Crippen molar-refractivity contribution in [2.75, 3.05) is 0 Å². The van der Waals surface area contributed by atoms with E-state index in [-0.39, 0.29) is 5.88 Å². The maximum atomic E-state index is 9.00. The standard InChI is InChI=1S/C6H5N5O/c12-6-1-5(8-3-9-6)11-4-7-2-10-11/h1-4H,(H,8,9,12). The fourth-order valence-corrected chi connectivity index (χ4v) is 0.789. The Hall–Kier alpha value is -1.98. The summed E-state index contributed by atoms with van der Waals surface area (Å²) in [6.45, 7) is 0. The average molecular weight is 163 g/mol. The molecule has 12 heavy (non-hydrogen) atoms. The summed E-state index contributed by atoms with van der Waals surface area (Å²) in [6.07, 6.45) is 4.13. The molecule has 0 aliphatic heterocycles. The number of hydrogen-bond donors (Lipinski definition) is 1. The lowest BCUT2D eigenvalue weighted by molar-refractivity contribution is 0.451. The monoisotopic (exact) mass is 163 g/mol. The number of rotatable bonds is 1. The van der Waals surface area contributed by atoms with Gasteiger partial charge in [-0.05, 0) is 0 Å². The van der Waals surface area contributed by atoms with Crippen LogP contribution < -0.4 is 0 Å². The van der Waals surface area contributed by atoms with Crippen molar-refractivity contribution in [3.63, 3.8) is 0 Å². The van der Waals surface area contributed by atoms with E-state index in [0.29, 0.717) is 5.82 Å². The van der Waals surface area contributed by atoms with Crippen molar-refractivity contribution in [2.24, 2.45) is 0 Å². The first-order valence-corrected chi connectivity index (χ1v) is 3.22. The van der Waals surface area contributed by atoms with Crippen molar-refractivity contribution in [3.8, 4) is 11.7 Å². The van der Waals surface area contributed by atoms with Gasteiger partial charge < -0.3 is 5.11 Å². The zero-order valence-corrected chi connectivity index (χ0v) is 5.99. The van der Waals surface area contributed by atoms with Gasteiger partial charge in [0.15, 0.2) is 5.82 Å². The van der Waals surface area contributed by atoms with Crippen LogP contribution in [0.3, 0.4) is 0 Å². The van der Waals surface area contributed by atoms with Gasteiger partial charge in [0, 0.05) is 6.07 Å². The van der Waals surface area contributed by atoms with Gasteiger partial charge in [-0.2, -0.15) is 5.10 Å². The lowest BCUT2D eigenvalue weighted by atomic mass is 10.6. The molecule has 6 nitrogen and oxygen atoms in total. The van der Waals surface area contributed by atoms with Gasteiger partial charge in [-0.15, -0.1) is 0 Å². The highest BCUT2D eigenvalue weighted by Gasteiger charge is 1.98. The number of nitrogens with zero attached hydrogens (tertiary/aromatic N) is 5. The van der Waals surface area contributed by atoms with Crippen LogP contribution in [0.5, 0.6) is 5.88 Å². The van der Waals surface area contributed by atoms with E-state index in [9.17, 15) is 0 Å². The molecule has 6 heteroatoms. The molecule has 60 valence electrons. The topological polar surface area (TPSA) is 76.7 Å². The van der Waals surface area contributed by atoms with Gasteiger partial charge in [0.1, 0.15) is 19.0 Å². The molecule has 2 aromatic rings. The first-order chi connectivity index (χ1) is 5.86. The first-order valence-electron chi connectivity index (χ1n) is 3.22. The fraction of sp³-hybridized carbons (Fsp3) is 0. The smallest absolute Gasteiger partial charge is 0.216 e. The van der Waals surface area contributed by atoms with Crippen LogP contribution in [0.25, 0.3) is 5.82 Å². The third kappa shape index (κ3) is 1.09. The minimum atomic E-state index is -0.0875. The normalized spacial score (nSPS) is 10.0. The Morgan fingerprint density at radius 2 is 2.17 bits per heavy atom. The van der Waals surface area contributed by atoms with E-state index in [0.717, 1.165) is 0 Å². The summed E-state index contributed by atoms with van der Waals surface area (Å²) < 4.78 is 1.43. The lowest BCUT2D eigenvalue weighted by Gasteiger charge is -1.96. The van der Waals surface area contributed by atoms with Crippen LogP contribution in [-0.2, 0) is 0 Å². The van der Waals surface area contributed by atoms with E-state index in [2.05, 4.69) is 20.1 Å². The molecule has 2 rings (SSSR count). The highest BCUT2D eigenvalue weighted by molar-refractivity contribution is 5.23. The van der Waals surface area contributed by atoms with Gasteiger partial charge in [0.2, 0.25) is 5.88 Å². The molecular weight excluding hydrogens is 158 g/mol. The molecule has 0 amide bonds. The van der Waals surface area contributed by atoms with Crippen LogP contribution in [0.1, 0.15) is 0 Å². The first kappa shape index (κ1) is 6.71. The molecule has 2 aromatic heterocycles. The average Bonchev–Trinajstić information content (AvgIpc) is 2.56. The molecule has 0 saturated carbocycles. The summed E-state index contributed by atoms with van der Waals surface area (Å²) in [5.41, 5.74) is 0. The minimum absolute atomic E-state index is 0.0875. The van der Waals surface area contributed by atoms with E-state index in [1.807, 2.05) is 0 Å². The molecule has 0 aliphatic rings. The molecule has 0 atom stereocenters. The molecular formula is C6H5N5O. The van der Waals surface area contributed by atoms with Gasteiger partial charge >= 0.3 is 0 Å². The Bertz CT molecular complexity index is 371. The zero-order chi connectivity index (χ0) is 8.39. The summed E-state index contributed by atoms with van der Waals surface area (Å²) in [5, 5.41) is 12.8. The highest BCUT2D eigenvalue weighted by Crippen LogP contribution is 2.06. The van der Waals surface area contributed by atoms with Crippen molar-refractivity contribution in [1.82, 2.24) is 24.7 Å². The zero-order valence-electron chi connectivity index (χ0n) is 5.99. The number of hydrogen-bond acceptors (Lipinski definition) is 5. The quantitative estimate of drug-likeness (QED) is 0.628. The SMILES string of the molecule is Oc1cc(-n2cncn2)ncn1. The van der Waals surface area contributed by atoms with Gasteiger partial charge in [-0.25, -0.2) is 19.6 Å². The van der Waals surface area contributed by atoms with E-state index in [1.165, 1.54) is 29.7 Å². The lowest BCUT2D eigenvalue weighted by Crippen LogP contribution is -1.97. The number of aromatic hydroxyl groups is 1. The summed E-state index contributed by atoms with van der Waals surface area (Å²) >= 11 is 0. The molecule has 0 spiro atoms. The van der Waals surface area contributed by atoms with Crippen LogP contribution in [-0.4, -0.2) is 29.8 Å². The maximum Gasteiger partial charge on any atom is 0.216 e. The second-order valence-electron chi connectivity index (χ2n) is 2.07. The van der Waals surface area contributed by atoms with E-state index in [1.54, 1.807) is 0 Å². The second kappa shape index (κ2) is 2.57. The van der Waals surface area contributed by atoms with E-state index >= 15 is 0 Å². The molecule has 1 N–H and O–H groups in total. The summed E-state index contributed by atoms with van der Waals surface area (Å²) in [5.74, 6) is 0.399. The molecule has 0 fully saturated rings. The van der Waals surface area contributed by atoms with Gasteiger partial charge in [-0.1, -0.05) is 0 Å². The van der Waals surface area contributed by atoms with Crippen LogP contribution >= 0.6 is 0 Å². The van der Waals surface area contributed by atoms with Crippen molar-refractivity contribution < 1.29 is 5.11 Å². The number of aromatic nitrogens is 5. The molecule has 0 bridgehead atoms. The van der Waals surface area contributed by atoms with E-state index < -0.39 is 0 Å². The van der Waals surface area contributed by atoms with Crippen LogP contribution in [0.4, 0.5) is 0 Å². The van der Waals surface area contributed by atoms with Gasteiger partial charge in [0.25, 0.3) is 0 Å². The Labute approximate surface area is 67.5 Å². The van der Waals surface area contributed by atoms with E-state index in [4.69, 9.17) is 5.11 Å². The summed E-state index contributed by atoms with van der Waals surface area (Å²) in [7, 11) is 0. The Kier molecular flexibility index (Phi) is 1.44. The molecule has 2 heterocycles. The highest BCUT2D eigenvalue weighted by atomic mass is 16.3. The predicted molar refractivity (Wildman–Crippen MR) is 38.6 cm³/mol. The van der Waals surface area contributed by atoms with Crippen molar-refractivity contribution in [2.45, 2.75) is 0 Å². The second-order valence-corrected chi connectivity index (χ2v) is 2.07. The summed E-state index contributed by atoms with van der Waals surface area (Å²) in [4.78, 5) is 11.1. The Morgan fingerprint density at radius 3 is 2.83 bits per heavy atom. The molecule has 0 saturated heterocycles. The molecule has 0 radical (unpaired) electrons. The van der Waals surface area contributed by atoms with Gasteiger partial charge in [-0.3, -0.25) is 0 Å². The third-order valence-electron chi connectivity index (χ3n) is 1.29. The van der Waals surface area contributed by atoms with Gasteiger partial charge in [0.05, 0.1) is 0 Å². The minimum Gasteiger partial charge on any atom is -0.493 e. The molecule has 0 aromatic carbocycles. The van der Waals surface area contributed by atoms with Crippen molar-refractivity contribution in [3.05, 3.63) is 25.0 Å². The Balaban J connectivity index is 2.48. The van der Waals surface area contributed by atoms with Crippen molar-refractivity contribution in [1.29, 1.82) is 0 Å². The van der Waals surface area contributed by atoms with Crippen molar-refractivity contribution >= 4 is 0 Å². The third-order valence-corrected chi connectivity index (χ3v) is 1.29. The predicted octanol–water partition coefficient (Wildman–Crippen LogP) is -0.237. The largest absolute Gasteiger partial charge is 0.493 e. The fourth-order valence-electron chi connectivity index (χ4n) is 0.789. The van der Waals surface area contributed by atoms with Crippen LogP contribution in [0.2, 0.25) is 0 Å². The molecule has 0 aliphatic carbocycles. The maximum absolute atomic E-state index is 9.00.